The van der Waals surface area contributed by atoms with Crippen molar-refractivity contribution < 1.29 is 14.3 Å². The van der Waals surface area contributed by atoms with Crippen molar-refractivity contribution in [3.8, 4) is 0 Å². The van der Waals surface area contributed by atoms with Crippen LogP contribution in [0.4, 0.5) is 4.39 Å². The van der Waals surface area contributed by atoms with Gasteiger partial charge in [0.05, 0.1) is 6.10 Å². The first-order valence-electron chi connectivity index (χ1n) is 10.2. The molecule has 2 aromatic rings. The Balaban J connectivity index is 0.00000240. The smallest absolute Gasteiger partial charge is 0.162 e. The highest BCUT2D eigenvalue weighted by Gasteiger charge is 2.19. The molecule has 1 N–H and O–H groups in total. The van der Waals surface area contributed by atoms with Crippen molar-refractivity contribution >= 4 is 42.4 Å². The van der Waals surface area contributed by atoms with E-state index in [1.165, 1.54) is 17.0 Å². The lowest BCUT2D eigenvalue weighted by atomic mass is 10.1. The van der Waals surface area contributed by atoms with Crippen LogP contribution in [-0.2, 0) is 0 Å². The van der Waals surface area contributed by atoms with Crippen molar-refractivity contribution in [2.45, 2.75) is 23.8 Å². The fraction of sp³-hybridized carbons (Fsp3) is 0.435. The van der Waals surface area contributed by atoms with E-state index in [1.54, 1.807) is 23.9 Å². The zero-order valence-corrected chi connectivity index (χ0v) is 19.9. The molecule has 1 heterocycles. The molecule has 0 amide bonds. The van der Waals surface area contributed by atoms with E-state index in [1.807, 2.05) is 18.2 Å². The zero-order valence-electron chi connectivity index (χ0n) is 17.5. The Hall–Kier alpha value is -1.15. The van der Waals surface area contributed by atoms with E-state index in [0.717, 1.165) is 39.1 Å². The number of aliphatic hydroxyl groups is 1. The molecule has 1 saturated heterocycles. The fourth-order valence-electron chi connectivity index (χ4n) is 3.50. The number of β-amino-alcohol motifs (C(OH)–C–C–N with tert-alkyl or cyclic N) is 1. The number of aliphatic hydroxyl groups excluding tert-OH is 1. The number of piperazine rings is 1. The summed E-state index contributed by atoms with van der Waals surface area (Å²) in [5.74, 6) is 0.460. The van der Waals surface area contributed by atoms with Crippen LogP contribution in [-0.4, -0.2) is 71.8 Å². The molecule has 0 spiro atoms. The summed E-state index contributed by atoms with van der Waals surface area (Å²) in [6.45, 7) is 5.41. The molecular weight excluding hydrogens is 458 g/mol. The molecule has 1 aliphatic rings. The summed E-state index contributed by atoms with van der Waals surface area (Å²) in [5, 5.41) is 10.3. The van der Waals surface area contributed by atoms with Crippen LogP contribution in [0.15, 0.2) is 59.5 Å². The summed E-state index contributed by atoms with van der Waals surface area (Å²) in [7, 11) is 0. The Morgan fingerprint density at radius 2 is 1.58 bits per heavy atom. The van der Waals surface area contributed by atoms with Gasteiger partial charge in [0.2, 0.25) is 0 Å². The number of thioether (sulfide) groups is 1. The number of carbonyl (C=O) groups is 1. The lowest BCUT2D eigenvalue weighted by molar-refractivity contribution is 0.0805. The minimum atomic E-state index is -0.333. The second-order valence-corrected chi connectivity index (χ2v) is 8.55. The first kappa shape index (κ1) is 27.9. The van der Waals surface area contributed by atoms with Gasteiger partial charge in [-0.1, -0.05) is 18.2 Å². The number of halogens is 3. The van der Waals surface area contributed by atoms with Crippen molar-refractivity contribution in [2.75, 3.05) is 45.0 Å². The van der Waals surface area contributed by atoms with Gasteiger partial charge in [-0.25, -0.2) is 4.39 Å². The van der Waals surface area contributed by atoms with Crippen molar-refractivity contribution in [3.05, 3.63) is 66.0 Å². The molecule has 0 aromatic heterocycles. The maximum atomic E-state index is 12.9. The third-order valence-electron chi connectivity index (χ3n) is 5.16. The predicted molar refractivity (Wildman–Crippen MR) is 131 cm³/mol. The van der Waals surface area contributed by atoms with E-state index in [9.17, 15) is 14.3 Å². The normalized spacial score (nSPS) is 15.5. The largest absolute Gasteiger partial charge is 0.391 e. The summed E-state index contributed by atoms with van der Waals surface area (Å²) in [6.07, 6.45) is 0.966. The number of hydrogen-bond acceptors (Lipinski definition) is 5. The quantitative estimate of drug-likeness (QED) is 0.396. The summed E-state index contributed by atoms with van der Waals surface area (Å²) in [4.78, 5) is 18.0. The maximum Gasteiger partial charge on any atom is 0.162 e. The molecule has 4 nitrogen and oxygen atoms in total. The highest BCUT2D eigenvalue weighted by molar-refractivity contribution is 7.99. The van der Waals surface area contributed by atoms with Crippen LogP contribution in [0.1, 0.15) is 23.2 Å². The third kappa shape index (κ3) is 9.89. The van der Waals surface area contributed by atoms with Gasteiger partial charge >= 0.3 is 0 Å². The van der Waals surface area contributed by atoms with Crippen LogP contribution >= 0.6 is 36.6 Å². The van der Waals surface area contributed by atoms with Crippen molar-refractivity contribution in [2.24, 2.45) is 0 Å². The van der Waals surface area contributed by atoms with Crippen molar-refractivity contribution in [1.29, 1.82) is 0 Å². The van der Waals surface area contributed by atoms with Gasteiger partial charge in [-0.15, -0.1) is 36.6 Å². The third-order valence-corrected chi connectivity index (χ3v) is 6.32. The van der Waals surface area contributed by atoms with E-state index in [2.05, 4.69) is 21.9 Å². The molecule has 31 heavy (non-hydrogen) atoms. The van der Waals surface area contributed by atoms with Gasteiger partial charge < -0.3 is 10.0 Å². The molecule has 1 fully saturated rings. The molecule has 0 bridgehead atoms. The van der Waals surface area contributed by atoms with E-state index < -0.39 is 0 Å². The van der Waals surface area contributed by atoms with Gasteiger partial charge in [0, 0.05) is 55.4 Å². The monoisotopic (exact) mass is 488 g/mol. The summed E-state index contributed by atoms with van der Waals surface area (Å²) >= 11 is 1.69. The molecule has 2 aromatic carbocycles. The van der Waals surface area contributed by atoms with Crippen LogP contribution < -0.4 is 0 Å². The van der Waals surface area contributed by atoms with E-state index in [0.29, 0.717) is 24.3 Å². The Bertz CT molecular complexity index is 760. The Morgan fingerprint density at radius 1 is 0.968 bits per heavy atom. The Morgan fingerprint density at radius 3 is 2.23 bits per heavy atom. The highest BCUT2D eigenvalue weighted by Crippen LogP contribution is 2.18. The van der Waals surface area contributed by atoms with Gasteiger partial charge in [-0.05, 0) is 49.4 Å². The van der Waals surface area contributed by atoms with E-state index in [4.69, 9.17) is 0 Å². The Kier molecular flexibility index (Phi) is 13.3. The lowest BCUT2D eigenvalue weighted by Crippen LogP contribution is -2.49. The van der Waals surface area contributed by atoms with Crippen LogP contribution in [0.3, 0.4) is 0 Å². The van der Waals surface area contributed by atoms with Gasteiger partial charge in [0.25, 0.3) is 0 Å². The van der Waals surface area contributed by atoms with Crippen LogP contribution in [0.5, 0.6) is 0 Å². The first-order valence-corrected chi connectivity index (χ1v) is 11.2. The summed E-state index contributed by atoms with van der Waals surface area (Å²) in [5.41, 5.74) is 0.582. The predicted octanol–water partition coefficient (Wildman–Crippen LogP) is 4.40. The summed E-state index contributed by atoms with van der Waals surface area (Å²) < 4.78 is 12.9. The first-order chi connectivity index (χ1) is 14.1. The average molecular weight is 489 g/mol. The standard InChI is InChI=1S/C23H29FN2O2S.2ClH/c24-20-10-8-19(9-11-20)23(28)7-4-12-25-13-15-26(16-14-25)17-21(27)18-29-22-5-2-1-3-6-22;;/h1-3,5-6,8-11,21,27H,4,7,12-18H2;2*1H. The number of nitrogens with zero attached hydrogens (tertiary/aromatic N) is 2. The summed E-state index contributed by atoms with van der Waals surface area (Å²) in [6, 6.07) is 15.9. The lowest BCUT2D eigenvalue weighted by Gasteiger charge is -2.35. The van der Waals surface area contributed by atoms with Gasteiger partial charge in [-0.2, -0.15) is 0 Å². The van der Waals surface area contributed by atoms with Gasteiger partial charge in [0.1, 0.15) is 5.82 Å². The molecule has 8 heteroatoms. The number of benzene rings is 2. The maximum absolute atomic E-state index is 12.9. The molecule has 3 rings (SSSR count). The molecular formula is C23H31Cl2FN2O2S. The Labute approximate surface area is 201 Å². The molecule has 1 aliphatic heterocycles. The van der Waals surface area contributed by atoms with Crippen molar-refractivity contribution in [3.63, 3.8) is 0 Å². The SMILES string of the molecule is Cl.Cl.O=C(CCCN1CCN(CC(O)CSc2ccccc2)CC1)c1ccc(F)cc1. The van der Waals surface area contributed by atoms with Gasteiger partial charge in [0.15, 0.2) is 5.78 Å². The van der Waals surface area contributed by atoms with E-state index >= 15 is 0 Å². The fourth-order valence-corrected chi connectivity index (χ4v) is 4.34. The highest BCUT2D eigenvalue weighted by atomic mass is 35.5. The minimum absolute atomic E-state index is 0. The molecule has 1 unspecified atom stereocenters. The molecule has 0 saturated carbocycles. The number of carbonyl (C=O) groups excluding carboxylic acids is 1. The minimum Gasteiger partial charge on any atom is -0.391 e. The topological polar surface area (TPSA) is 43.8 Å². The van der Waals surface area contributed by atoms with Gasteiger partial charge in [-0.3, -0.25) is 9.69 Å². The molecule has 1 atom stereocenters. The van der Waals surface area contributed by atoms with Crippen LogP contribution in [0.25, 0.3) is 0 Å². The number of rotatable bonds is 10. The van der Waals surface area contributed by atoms with Crippen LogP contribution in [0, 0.1) is 5.82 Å². The average Bonchev–Trinajstić information content (AvgIpc) is 2.75. The van der Waals surface area contributed by atoms with Crippen LogP contribution in [0.2, 0.25) is 0 Å². The second kappa shape index (κ2) is 14.8. The van der Waals surface area contributed by atoms with Crippen molar-refractivity contribution in [1.82, 2.24) is 9.80 Å². The molecule has 172 valence electrons. The molecule has 0 aliphatic carbocycles. The van der Waals surface area contributed by atoms with E-state index in [-0.39, 0.29) is 42.5 Å². The zero-order chi connectivity index (χ0) is 20.5. The number of hydrogen-bond donors (Lipinski definition) is 1. The molecule has 0 radical (unpaired) electrons. The number of ketones is 1. The second-order valence-electron chi connectivity index (χ2n) is 7.45. The number of Topliss-reactive ketones (excluding diaryl/α,β-unsaturated/α-hetero) is 1.